The molecule has 0 aromatic carbocycles. The summed E-state index contributed by atoms with van der Waals surface area (Å²) in [4.78, 5) is 25.3. The van der Waals surface area contributed by atoms with Crippen molar-refractivity contribution in [3.05, 3.63) is 24.3 Å². The first-order chi connectivity index (χ1) is 39.7. The quantitative estimate of drug-likeness (QED) is 0.0243. The summed E-state index contributed by atoms with van der Waals surface area (Å²) in [6.07, 6.45) is 20.7. The highest BCUT2D eigenvalue weighted by atomic mass is 16.8. The zero-order valence-corrected chi connectivity index (χ0v) is 50.3. The monoisotopic (exact) mass is 1170 g/mol. The lowest BCUT2D eigenvalue weighted by Crippen LogP contribution is -2.68. The molecule has 82 heavy (non-hydrogen) atoms. The van der Waals surface area contributed by atoms with Gasteiger partial charge in [0.25, 0.3) is 0 Å². The van der Waals surface area contributed by atoms with E-state index >= 15 is 0 Å². The minimum absolute atomic E-state index is 0.240. The zero-order chi connectivity index (χ0) is 59.9. The SMILES string of the molecule is CCCCCCCCC=CCCCCCCCCCCCCCC(=O)N[C@@H](CO[C@@H]1O[C@H](CO)[C@@H](O[C@@H]2O[C@H](CO)[C@H](O[C@@H]3O[C@H](CO)[C@H](O)[C@H](O)[C@H]3NC(C)=O)[C@H](O)[C@H]2O)[C@H](O)C1O)[C@H](O)C=CCCCCCCCCCCCCC. The Bertz CT molecular complexity index is 1660. The third kappa shape index (κ3) is 28.5. The van der Waals surface area contributed by atoms with Gasteiger partial charge in [-0.2, -0.15) is 0 Å². The fourth-order valence-electron chi connectivity index (χ4n) is 11.0. The second kappa shape index (κ2) is 45.1. The molecular formula is C62H114N2O18. The van der Waals surface area contributed by atoms with Gasteiger partial charge in [0.1, 0.15) is 73.2 Å². The third-order valence-electron chi connectivity index (χ3n) is 16.1. The Balaban J connectivity index is 1.51. The van der Waals surface area contributed by atoms with E-state index in [-0.39, 0.29) is 18.9 Å². The van der Waals surface area contributed by atoms with Gasteiger partial charge < -0.3 is 90.1 Å². The molecule has 20 nitrogen and oxygen atoms in total. The molecule has 3 heterocycles. The summed E-state index contributed by atoms with van der Waals surface area (Å²) in [5.74, 6) is -0.926. The van der Waals surface area contributed by atoms with Crippen LogP contribution in [-0.2, 0) is 38.0 Å². The van der Waals surface area contributed by atoms with Crippen molar-refractivity contribution >= 4 is 11.8 Å². The molecule has 20 heteroatoms. The number of carbonyl (C=O) groups is 2. The second-order valence-electron chi connectivity index (χ2n) is 23.3. The molecule has 0 aromatic rings. The lowest BCUT2D eigenvalue weighted by molar-refractivity contribution is -0.374. The van der Waals surface area contributed by atoms with Gasteiger partial charge in [-0.3, -0.25) is 9.59 Å². The first-order valence-electron chi connectivity index (χ1n) is 32.1. The van der Waals surface area contributed by atoms with Crippen molar-refractivity contribution in [2.75, 3.05) is 26.4 Å². The van der Waals surface area contributed by atoms with Gasteiger partial charge in [0.05, 0.1) is 38.6 Å². The zero-order valence-electron chi connectivity index (χ0n) is 50.3. The van der Waals surface area contributed by atoms with Crippen LogP contribution in [0.5, 0.6) is 0 Å². The summed E-state index contributed by atoms with van der Waals surface area (Å²) in [5, 5.41) is 114. The van der Waals surface area contributed by atoms with Gasteiger partial charge in [0.2, 0.25) is 11.8 Å². The maximum atomic E-state index is 13.4. The van der Waals surface area contributed by atoms with E-state index in [1.165, 1.54) is 148 Å². The van der Waals surface area contributed by atoms with Gasteiger partial charge in [-0.15, -0.1) is 0 Å². The van der Waals surface area contributed by atoms with Crippen molar-refractivity contribution in [1.29, 1.82) is 0 Å². The molecule has 480 valence electrons. The van der Waals surface area contributed by atoms with Crippen LogP contribution in [0.25, 0.3) is 0 Å². The van der Waals surface area contributed by atoms with E-state index in [2.05, 4.69) is 36.6 Å². The molecule has 3 aliphatic rings. The highest BCUT2D eigenvalue weighted by Gasteiger charge is 2.54. The Hall–Kier alpha value is -2.22. The Morgan fingerprint density at radius 3 is 1.32 bits per heavy atom. The first kappa shape index (κ1) is 74.0. The van der Waals surface area contributed by atoms with Crippen molar-refractivity contribution in [2.45, 2.75) is 330 Å². The van der Waals surface area contributed by atoms with E-state index in [9.17, 15) is 60.7 Å². The summed E-state index contributed by atoms with van der Waals surface area (Å²) >= 11 is 0. The van der Waals surface area contributed by atoms with Crippen LogP contribution in [0, 0.1) is 0 Å². The van der Waals surface area contributed by atoms with Crippen molar-refractivity contribution < 1.29 is 89.1 Å². The predicted octanol–water partition coefficient (Wildman–Crippen LogP) is 6.08. The molecule has 3 fully saturated rings. The van der Waals surface area contributed by atoms with Crippen LogP contribution >= 0.6 is 0 Å². The molecule has 2 amide bonds. The van der Waals surface area contributed by atoms with Gasteiger partial charge in [0.15, 0.2) is 18.9 Å². The predicted molar refractivity (Wildman–Crippen MR) is 312 cm³/mol. The van der Waals surface area contributed by atoms with Gasteiger partial charge in [0, 0.05) is 13.3 Å². The van der Waals surface area contributed by atoms with Crippen LogP contribution in [0.15, 0.2) is 24.3 Å². The number of allylic oxidation sites excluding steroid dienone is 3. The largest absolute Gasteiger partial charge is 0.394 e. The van der Waals surface area contributed by atoms with E-state index < -0.39 is 130 Å². The molecule has 0 bridgehead atoms. The molecule has 0 aromatic heterocycles. The molecule has 1 unspecified atom stereocenters. The molecule has 0 spiro atoms. The minimum atomic E-state index is -1.99. The van der Waals surface area contributed by atoms with E-state index in [1.54, 1.807) is 6.08 Å². The number of aliphatic hydroxyl groups is 10. The third-order valence-corrected chi connectivity index (χ3v) is 16.1. The molecule has 3 rings (SSSR count). The number of hydrogen-bond donors (Lipinski definition) is 12. The molecule has 17 atom stereocenters. The fourth-order valence-corrected chi connectivity index (χ4v) is 11.0. The van der Waals surface area contributed by atoms with Gasteiger partial charge in [-0.1, -0.05) is 192 Å². The number of ether oxygens (including phenoxy) is 6. The van der Waals surface area contributed by atoms with Crippen LogP contribution in [0.1, 0.15) is 226 Å². The number of nitrogens with one attached hydrogen (secondary N) is 2. The van der Waals surface area contributed by atoms with Crippen molar-refractivity contribution in [3.8, 4) is 0 Å². The molecule has 0 aliphatic carbocycles. The van der Waals surface area contributed by atoms with E-state index in [0.717, 1.165) is 51.9 Å². The average molecular weight is 1180 g/mol. The molecular weight excluding hydrogens is 1060 g/mol. The smallest absolute Gasteiger partial charge is 0.220 e. The van der Waals surface area contributed by atoms with Crippen LogP contribution < -0.4 is 10.6 Å². The summed E-state index contributed by atoms with van der Waals surface area (Å²) < 4.78 is 34.9. The van der Waals surface area contributed by atoms with Crippen LogP contribution in [0.2, 0.25) is 0 Å². The van der Waals surface area contributed by atoms with Crippen LogP contribution in [0.3, 0.4) is 0 Å². The van der Waals surface area contributed by atoms with Crippen LogP contribution in [-0.4, -0.2) is 194 Å². The number of hydrogen-bond acceptors (Lipinski definition) is 18. The maximum absolute atomic E-state index is 13.4. The minimum Gasteiger partial charge on any atom is -0.394 e. The van der Waals surface area contributed by atoms with Crippen LogP contribution in [0.4, 0.5) is 0 Å². The van der Waals surface area contributed by atoms with Gasteiger partial charge in [-0.05, 0) is 44.9 Å². The Morgan fingerprint density at radius 2 is 0.866 bits per heavy atom. The normalized spacial score (nSPS) is 29.6. The first-order valence-corrected chi connectivity index (χ1v) is 32.1. The topological polar surface area (TPSA) is 316 Å². The maximum Gasteiger partial charge on any atom is 0.220 e. The lowest BCUT2D eigenvalue weighted by atomic mass is 9.95. The molecule has 3 aliphatic heterocycles. The van der Waals surface area contributed by atoms with Gasteiger partial charge in [-0.25, -0.2) is 0 Å². The average Bonchev–Trinajstić information content (AvgIpc) is 3.58. The fraction of sp³-hybridized carbons (Fsp3) is 0.903. The molecule has 12 N–H and O–H groups in total. The summed E-state index contributed by atoms with van der Waals surface area (Å²) in [6, 6.07) is -2.41. The second-order valence-corrected chi connectivity index (χ2v) is 23.3. The number of carbonyl (C=O) groups excluding carboxylic acids is 2. The highest BCUT2D eigenvalue weighted by molar-refractivity contribution is 5.76. The van der Waals surface area contributed by atoms with Crippen molar-refractivity contribution in [2.24, 2.45) is 0 Å². The highest BCUT2D eigenvalue weighted by Crippen LogP contribution is 2.33. The summed E-state index contributed by atoms with van der Waals surface area (Å²) in [6.45, 7) is 2.83. The summed E-state index contributed by atoms with van der Waals surface area (Å²) in [5.41, 5.74) is 0. The van der Waals surface area contributed by atoms with Crippen molar-refractivity contribution in [3.63, 3.8) is 0 Å². The lowest BCUT2D eigenvalue weighted by Gasteiger charge is -2.48. The molecule has 0 radical (unpaired) electrons. The number of rotatable bonds is 47. The molecule has 0 saturated carbocycles. The van der Waals surface area contributed by atoms with E-state index in [1.807, 2.05) is 6.08 Å². The summed E-state index contributed by atoms with van der Waals surface area (Å²) in [7, 11) is 0. The van der Waals surface area contributed by atoms with E-state index in [4.69, 9.17) is 28.4 Å². The van der Waals surface area contributed by atoms with E-state index in [0.29, 0.717) is 6.42 Å². The molecule has 3 saturated heterocycles. The van der Waals surface area contributed by atoms with Crippen molar-refractivity contribution in [1.82, 2.24) is 10.6 Å². The number of unbranched alkanes of at least 4 members (excludes halogenated alkanes) is 28. The Kier molecular flexibility index (Phi) is 40.7. The Morgan fingerprint density at radius 1 is 0.476 bits per heavy atom. The standard InChI is InChI=1S/C62H114N2O18/c1-4-6-8-10-12-14-16-18-19-20-21-22-23-24-25-27-29-31-33-35-37-39-50(70)64-45(46(69)38-36-34-32-30-28-26-17-15-13-11-9-7-5-2)43-77-61-56(75)54(73)59(48(41-66)79-61)82-62-57(76)55(74)58(49(42-67)80-62)81-60-51(63-44(3)68)53(72)52(71)47(40-65)78-60/h18-19,36,38,45-49,51-62,65-67,69,71-76H,4-17,20-35,37,39-43H2,1-3H3,(H,63,68)(H,64,70)/t45-,46+,47+,48+,49+,51+,52-,53+,54+,55+,56?,57+,58-,59+,60-,61+,62-/m0/s1. The Labute approximate surface area is 491 Å². The number of aliphatic hydroxyl groups excluding tert-OH is 10. The van der Waals surface area contributed by atoms with Gasteiger partial charge >= 0.3 is 0 Å². The number of amides is 2.